The van der Waals surface area contributed by atoms with E-state index in [1.807, 2.05) is 61.7 Å². The molecule has 6 rings (SSSR count). The second-order valence-corrected chi connectivity index (χ2v) is 8.27. The van der Waals surface area contributed by atoms with Gasteiger partial charge in [-0.3, -0.25) is 0 Å². The largest absolute Gasteiger partial charge is 0.489 e. The molecule has 9 nitrogen and oxygen atoms in total. The lowest BCUT2D eigenvalue weighted by molar-refractivity contribution is 0.223. The van der Waals surface area contributed by atoms with Crippen LogP contribution in [0.2, 0.25) is 0 Å². The zero-order chi connectivity index (χ0) is 22.9. The molecule has 1 atom stereocenters. The van der Waals surface area contributed by atoms with Crippen molar-refractivity contribution in [3.8, 4) is 17.2 Å². The Morgan fingerprint density at radius 2 is 1.94 bits per heavy atom. The van der Waals surface area contributed by atoms with Crippen molar-refractivity contribution in [1.29, 1.82) is 0 Å². The van der Waals surface area contributed by atoms with Crippen molar-refractivity contribution < 1.29 is 9.47 Å². The minimum Gasteiger partial charge on any atom is -0.489 e. The van der Waals surface area contributed by atoms with Gasteiger partial charge in [-0.2, -0.15) is 5.10 Å². The highest BCUT2D eigenvalue weighted by atomic mass is 35.5. The Bertz CT molecular complexity index is 1480. The normalized spacial score (nSPS) is 15.2. The lowest BCUT2D eigenvalue weighted by atomic mass is 10.2. The van der Waals surface area contributed by atoms with Crippen molar-refractivity contribution >= 4 is 40.5 Å². The van der Waals surface area contributed by atoms with Crippen LogP contribution in [-0.4, -0.2) is 43.8 Å². The first-order valence-electron chi connectivity index (χ1n) is 11.2. The third-order valence-corrected chi connectivity index (χ3v) is 5.84. The molecule has 1 aliphatic rings. The molecule has 10 heteroatoms. The number of benzene rings is 2. The predicted octanol–water partition coefficient (Wildman–Crippen LogP) is 4.68. The molecule has 0 saturated carbocycles. The molecule has 2 aromatic carbocycles. The van der Waals surface area contributed by atoms with Crippen LogP contribution < -0.4 is 20.1 Å². The van der Waals surface area contributed by atoms with E-state index in [9.17, 15) is 0 Å². The summed E-state index contributed by atoms with van der Waals surface area (Å²) in [6, 6.07) is 15.6. The Hall–Kier alpha value is -3.95. The van der Waals surface area contributed by atoms with Gasteiger partial charge in [0.1, 0.15) is 41.8 Å². The van der Waals surface area contributed by atoms with Crippen LogP contribution in [-0.2, 0) is 0 Å². The standard InChI is InChI=1S/C25H23N7O2.ClH/c1-16-10-17(2-5-23(16)34-19-7-9-32-24(12-19)28-15-30-32)31-25-21-11-18(33-20-6-8-26-13-20)3-4-22(21)27-14-29-25;/h2-5,7,9-12,14-15,20,26H,6,8,13H2,1H3,(H,27,29,31);1H. The topological polar surface area (TPSA) is 98.5 Å². The number of anilines is 2. The summed E-state index contributed by atoms with van der Waals surface area (Å²) in [5, 5.41) is 11.8. The van der Waals surface area contributed by atoms with E-state index < -0.39 is 0 Å². The average molecular weight is 490 g/mol. The molecule has 0 amide bonds. The van der Waals surface area contributed by atoms with Gasteiger partial charge in [0.05, 0.1) is 5.52 Å². The smallest absolute Gasteiger partial charge is 0.158 e. The van der Waals surface area contributed by atoms with Crippen molar-refractivity contribution in [2.45, 2.75) is 19.4 Å². The maximum atomic E-state index is 6.13. The fraction of sp³-hybridized carbons (Fsp3) is 0.200. The summed E-state index contributed by atoms with van der Waals surface area (Å²) < 4.78 is 13.9. The molecule has 35 heavy (non-hydrogen) atoms. The second-order valence-electron chi connectivity index (χ2n) is 8.27. The second kappa shape index (κ2) is 9.73. The first-order valence-corrected chi connectivity index (χ1v) is 11.2. The van der Waals surface area contributed by atoms with Crippen LogP contribution >= 0.6 is 12.4 Å². The summed E-state index contributed by atoms with van der Waals surface area (Å²) in [4.78, 5) is 13.1. The van der Waals surface area contributed by atoms with Gasteiger partial charge in [0.2, 0.25) is 0 Å². The molecule has 0 bridgehead atoms. The van der Waals surface area contributed by atoms with E-state index in [0.29, 0.717) is 5.75 Å². The number of aryl methyl sites for hydroxylation is 1. The summed E-state index contributed by atoms with van der Waals surface area (Å²) in [5.74, 6) is 3.02. The number of rotatable bonds is 6. The highest BCUT2D eigenvalue weighted by Gasteiger charge is 2.16. The molecule has 178 valence electrons. The highest BCUT2D eigenvalue weighted by molar-refractivity contribution is 5.91. The number of nitrogens with one attached hydrogen (secondary N) is 2. The van der Waals surface area contributed by atoms with Crippen molar-refractivity contribution in [3.05, 3.63) is 72.9 Å². The van der Waals surface area contributed by atoms with E-state index in [0.717, 1.165) is 64.6 Å². The third-order valence-electron chi connectivity index (χ3n) is 5.84. The minimum atomic E-state index is 0. The Kier molecular flexibility index (Phi) is 6.35. The Labute approximate surface area is 207 Å². The zero-order valence-electron chi connectivity index (χ0n) is 19.0. The Morgan fingerprint density at radius 3 is 2.80 bits per heavy atom. The molecule has 1 aliphatic heterocycles. The van der Waals surface area contributed by atoms with Gasteiger partial charge in [-0.1, -0.05) is 0 Å². The number of fused-ring (bicyclic) bond motifs is 2. The van der Waals surface area contributed by atoms with Gasteiger partial charge in [-0.15, -0.1) is 12.4 Å². The summed E-state index contributed by atoms with van der Waals surface area (Å²) in [6.45, 7) is 3.87. The molecular weight excluding hydrogens is 466 g/mol. The van der Waals surface area contributed by atoms with Gasteiger partial charge in [0, 0.05) is 29.9 Å². The van der Waals surface area contributed by atoms with Crippen LogP contribution in [0.3, 0.4) is 0 Å². The van der Waals surface area contributed by atoms with E-state index in [1.54, 1.807) is 10.8 Å². The number of ether oxygens (including phenoxy) is 2. The van der Waals surface area contributed by atoms with Crippen molar-refractivity contribution in [2.24, 2.45) is 0 Å². The van der Waals surface area contributed by atoms with Crippen LogP contribution in [0, 0.1) is 6.92 Å². The molecule has 3 aromatic heterocycles. The predicted molar refractivity (Wildman–Crippen MR) is 136 cm³/mol. The summed E-state index contributed by atoms with van der Waals surface area (Å²) in [6.07, 6.45) is 6.11. The Balaban J connectivity index is 0.00000253. The van der Waals surface area contributed by atoms with Gasteiger partial charge < -0.3 is 20.1 Å². The zero-order valence-corrected chi connectivity index (χ0v) is 19.8. The first-order chi connectivity index (χ1) is 16.7. The minimum absolute atomic E-state index is 0. The highest BCUT2D eigenvalue weighted by Crippen LogP contribution is 2.31. The SMILES string of the molecule is Cc1cc(Nc2ncnc3ccc(OC4CCNC4)cc23)ccc1Oc1ccn2ncnc2c1.Cl. The number of halogens is 1. The van der Waals surface area contributed by atoms with Crippen LogP contribution in [0.4, 0.5) is 11.5 Å². The summed E-state index contributed by atoms with van der Waals surface area (Å²) >= 11 is 0. The van der Waals surface area contributed by atoms with Crippen LogP contribution in [0.25, 0.3) is 16.6 Å². The fourth-order valence-electron chi connectivity index (χ4n) is 4.10. The molecule has 0 aliphatic carbocycles. The molecule has 4 heterocycles. The molecule has 1 fully saturated rings. The molecule has 2 N–H and O–H groups in total. The summed E-state index contributed by atoms with van der Waals surface area (Å²) in [7, 11) is 0. The van der Waals surface area contributed by atoms with Crippen LogP contribution in [0.15, 0.2) is 67.4 Å². The lowest BCUT2D eigenvalue weighted by Crippen LogP contribution is -2.19. The maximum Gasteiger partial charge on any atom is 0.158 e. The number of hydrogen-bond donors (Lipinski definition) is 2. The van der Waals surface area contributed by atoms with E-state index in [4.69, 9.17) is 9.47 Å². The molecule has 0 spiro atoms. The fourth-order valence-corrected chi connectivity index (χ4v) is 4.10. The number of aromatic nitrogens is 5. The maximum absolute atomic E-state index is 6.13. The van der Waals surface area contributed by atoms with Gasteiger partial charge in [-0.05, 0) is 67.9 Å². The van der Waals surface area contributed by atoms with Crippen LogP contribution in [0.1, 0.15) is 12.0 Å². The average Bonchev–Trinajstić information content (AvgIpc) is 3.53. The van der Waals surface area contributed by atoms with E-state index >= 15 is 0 Å². The number of pyridine rings is 1. The van der Waals surface area contributed by atoms with Crippen molar-refractivity contribution in [1.82, 2.24) is 29.9 Å². The van der Waals surface area contributed by atoms with Crippen LogP contribution in [0.5, 0.6) is 17.2 Å². The van der Waals surface area contributed by atoms with E-state index in [2.05, 4.69) is 30.7 Å². The first kappa shape index (κ1) is 22.8. The molecule has 0 radical (unpaired) electrons. The summed E-state index contributed by atoms with van der Waals surface area (Å²) in [5.41, 5.74) is 3.48. The molecule has 5 aromatic rings. The monoisotopic (exact) mass is 489 g/mol. The molecule has 1 unspecified atom stereocenters. The van der Waals surface area contributed by atoms with Gasteiger partial charge in [-0.25, -0.2) is 19.5 Å². The Morgan fingerprint density at radius 1 is 1.00 bits per heavy atom. The number of hydrogen-bond acceptors (Lipinski definition) is 8. The van der Waals surface area contributed by atoms with Gasteiger partial charge >= 0.3 is 0 Å². The van der Waals surface area contributed by atoms with E-state index in [1.165, 1.54) is 6.33 Å². The molecular formula is C25H24ClN7O2. The quantitative estimate of drug-likeness (QED) is 0.355. The van der Waals surface area contributed by atoms with Gasteiger partial charge in [0.15, 0.2) is 5.65 Å². The van der Waals surface area contributed by atoms with Crippen molar-refractivity contribution in [2.75, 3.05) is 18.4 Å². The third kappa shape index (κ3) is 4.82. The number of nitrogens with zero attached hydrogens (tertiary/aromatic N) is 5. The lowest BCUT2D eigenvalue weighted by Gasteiger charge is -2.15. The van der Waals surface area contributed by atoms with Crippen molar-refractivity contribution in [3.63, 3.8) is 0 Å². The molecule has 1 saturated heterocycles. The van der Waals surface area contributed by atoms with E-state index in [-0.39, 0.29) is 18.5 Å². The van der Waals surface area contributed by atoms with Gasteiger partial charge in [0.25, 0.3) is 0 Å².